The number of rotatable bonds is 24. The first-order chi connectivity index (χ1) is 24.0. The minimum Gasteiger partial charge on any atom is -0.496 e. The summed E-state index contributed by atoms with van der Waals surface area (Å²) in [5, 5.41) is 3.11. The smallest absolute Gasteiger partial charge is 0.417 e. The van der Waals surface area contributed by atoms with Crippen molar-refractivity contribution in [1.29, 1.82) is 0 Å². The average Bonchev–Trinajstić information content (AvgIpc) is 3.11. The second-order valence-electron chi connectivity index (χ2n) is 12.9. The van der Waals surface area contributed by atoms with E-state index in [9.17, 15) is 14.4 Å². The molecule has 1 aromatic heterocycles. The number of carbonyl (C=O) groups excluding carboxylic acids is 3. The lowest BCUT2D eigenvalue weighted by atomic mass is 10.0. The normalized spacial score (nSPS) is 15.2. The number of amides is 3. The van der Waals surface area contributed by atoms with E-state index in [4.69, 9.17) is 14.2 Å². The molecule has 49 heavy (non-hydrogen) atoms. The van der Waals surface area contributed by atoms with Crippen molar-refractivity contribution in [3.05, 3.63) is 59.9 Å². The Morgan fingerprint density at radius 2 is 1.37 bits per heavy atom. The molecule has 10 heteroatoms. The van der Waals surface area contributed by atoms with Gasteiger partial charge in [-0.2, -0.15) is 0 Å². The fourth-order valence-electron chi connectivity index (χ4n) is 6.05. The van der Waals surface area contributed by atoms with Gasteiger partial charge in [0.25, 0.3) is 5.91 Å². The van der Waals surface area contributed by atoms with Crippen molar-refractivity contribution >= 4 is 29.9 Å². The van der Waals surface area contributed by atoms with Gasteiger partial charge in [0.05, 0.1) is 12.7 Å². The molecule has 272 valence electrons. The van der Waals surface area contributed by atoms with Crippen LogP contribution in [0.5, 0.6) is 5.75 Å². The number of hydrogen-bond donors (Lipinski definition) is 1. The van der Waals surface area contributed by atoms with Gasteiger partial charge >= 0.3 is 12.2 Å². The van der Waals surface area contributed by atoms with E-state index < -0.39 is 12.0 Å². The SMILES string of the molecule is CCCCCCCCCCCCCCCCNC(=O)OC[C@@H]1C[C@@H](COC(=O)N(Cc2cccc[n+]2CC)C(=O)c2ccccc2OC)S1. The highest BCUT2D eigenvalue weighted by Crippen LogP contribution is 2.37. The van der Waals surface area contributed by atoms with Crippen LogP contribution in [-0.2, 0) is 22.6 Å². The number of nitrogens with zero attached hydrogens (tertiary/aromatic N) is 2. The van der Waals surface area contributed by atoms with Crippen LogP contribution in [-0.4, -0.2) is 60.4 Å². The summed E-state index contributed by atoms with van der Waals surface area (Å²) >= 11 is 1.63. The van der Waals surface area contributed by atoms with Crippen molar-refractivity contribution in [1.82, 2.24) is 10.2 Å². The second kappa shape index (κ2) is 24.0. The van der Waals surface area contributed by atoms with Gasteiger partial charge in [0.1, 0.15) is 32.1 Å². The summed E-state index contributed by atoms with van der Waals surface area (Å²) < 4.78 is 18.4. The van der Waals surface area contributed by atoms with E-state index in [1.54, 1.807) is 36.0 Å². The van der Waals surface area contributed by atoms with Crippen LogP contribution < -0.4 is 14.6 Å². The number of benzene rings is 1. The molecule has 2 heterocycles. The number of hydrogen-bond acceptors (Lipinski definition) is 7. The molecular weight excluding hydrogens is 639 g/mol. The van der Waals surface area contributed by atoms with E-state index in [1.165, 1.54) is 84.2 Å². The molecule has 1 saturated heterocycles. The minimum atomic E-state index is -0.703. The van der Waals surface area contributed by atoms with Gasteiger partial charge in [-0.3, -0.25) is 4.79 Å². The maximum atomic E-state index is 13.6. The Labute approximate surface area is 298 Å². The average molecular weight is 699 g/mol. The standard InChI is InChI=1S/C39H59N3O6S/c1-4-6-7-8-9-10-11-12-13-14-15-16-17-21-26-40-38(44)47-30-33-28-34(49-33)31-48-39(45)42(29-32-23-20-22-27-41(32)5-2)37(43)35-24-18-19-25-36(35)46-3/h18-20,22-25,27,33-34H,4-17,21,26,28-31H2,1-3H3/p+1/t33-,34-/m0/s1. The lowest BCUT2D eigenvalue weighted by molar-refractivity contribution is -0.701. The van der Waals surface area contributed by atoms with E-state index in [0.29, 0.717) is 31.0 Å². The third-order valence-corrected chi connectivity index (χ3v) is 10.4. The van der Waals surface area contributed by atoms with Gasteiger partial charge in [-0.05, 0) is 31.9 Å². The monoisotopic (exact) mass is 698 g/mol. The Balaban J connectivity index is 1.27. The summed E-state index contributed by atoms with van der Waals surface area (Å²) in [6.45, 7) is 6.16. The van der Waals surface area contributed by atoms with Crippen molar-refractivity contribution in [2.75, 3.05) is 26.9 Å². The van der Waals surface area contributed by atoms with Gasteiger partial charge < -0.3 is 19.5 Å². The molecule has 0 bridgehead atoms. The summed E-state index contributed by atoms with van der Waals surface area (Å²) in [7, 11) is 1.50. The molecule has 0 spiro atoms. The molecule has 9 nitrogen and oxygen atoms in total. The summed E-state index contributed by atoms with van der Waals surface area (Å²) in [6, 6.07) is 12.5. The van der Waals surface area contributed by atoms with E-state index in [1.807, 2.05) is 35.9 Å². The van der Waals surface area contributed by atoms with Crippen molar-refractivity contribution in [2.45, 2.75) is 134 Å². The first-order valence-corrected chi connectivity index (χ1v) is 19.6. The Kier molecular flexibility index (Phi) is 19.7. The molecule has 1 aliphatic rings. The molecule has 3 rings (SSSR count). The lowest BCUT2D eigenvalue weighted by Crippen LogP contribution is -2.44. The predicted octanol–water partition coefficient (Wildman–Crippen LogP) is 8.86. The largest absolute Gasteiger partial charge is 0.496 e. The molecule has 1 aromatic carbocycles. The number of pyridine rings is 1. The Morgan fingerprint density at radius 3 is 1.98 bits per heavy atom. The van der Waals surface area contributed by atoms with Gasteiger partial charge in [-0.1, -0.05) is 109 Å². The van der Waals surface area contributed by atoms with Gasteiger partial charge in [0.2, 0.25) is 5.69 Å². The number of imide groups is 1. The van der Waals surface area contributed by atoms with Gasteiger partial charge in [0, 0.05) is 29.2 Å². The third kappa shape index (κ3) is 15.0. The zero-order valence-electron chi connectivity index (χ0n) is 30.2. The number of aromatic nitrogens is 1. The predicted molar refractivity (Wildman–Crippen MR) is 196 cm³/mol. The fraction of sp³-hybridized carbons (Fsp3) is 0.641. The molecule has 0 unspecified atom stereocenters. The van der Waals surface area contributed by atoms with Crippen LogP contribution in [0.4, 0.5) is 9.59 Å². The van der Waals surface area contributed by atoms with Crippen LogP contribution in [0.3, 0.4) is 0 Å². The number of unbranched alkanes of at least 4 members (excludes halogenated alkanes) is 13. The Morgan fingerprint density at radius 1 is 0.796 bits per heavy atom. The van der Waals surface area contributed by atoms with Crippen LogP contribution in [0.25, 0.3) is 0 Å². The lowest BCUT2D eigenvalue weighted by Gasteiger charge is -2.34. The molecule has 1 aliphatic heterocycles. The first kappa shape index (κ1) is 40.2. The number of alkyl carbamates (subject to hydrolysis) is 1. The van der Waals surface area contributed by atoms with Crippen LogP contribution in [0.2, 0.25) is 0 Å². The van der Waals surface area contributed by atoms with Crippen LogP contribution in [0, 0.1) is 0 Å². The highest BCUT2D eigenvalue weighted by molar-refractivity contribution is 8.01. The maximum Gasteiger partial charge on any atom is 0.417 e. The summed E-state index contributed by atoms with van der Waals surface area (Å²) in [6.07, 6.45) is 19.9. The Bertz CT molecular complexity index is 1250. The molecule has 2 atom stereocenters. The summed E-state index contributed by atoms with van der Waals surface area (Å²) in [4.78, 5) is 40.2. The van der Waals surface area contributed by atoms with Gasteiger partial charge in [-0.15, -0.1) is 11.8 Å². The van der Waals surface area contributed by atoms with Crippen LogP contribution in [0.15, 0.2) is 48.7 Å². The van der Waals surface area contributed by atoms with Crippen molar-refractivity contribution in [3.63, 3.8) is 0 Å². The second-order valence-corrected chi connectivity index (χ2v) is 14.5. The molecule has 3 amide bonds. The highest BCUT2D eigenvalue weighted by atomic mass is 32.2. The summed E-state index contributed by atoms with van der Waals surface area (Å²) in [5.74, 6) is -0.0932. The first-order valence-electron chi connectivity index (χ1n) is 18.6. The number of carbonyl (C=O) groups is 3. The number of aryl methyl sites for hydroxylation is 1. The Hall–Kier alpha value is -3.27. The quantitative estimate of drug-likeness (QED) is 0.0864. The van der Waals surface area contributed by atoms with E-state index in [0.717, 1.165) is 29.9 Å². The molecule has 0 aliphatic carbocycles. The van der Waals surface area contributed by atoms with E-state index in [2.05, 4.69) is 12.2 Å². The topological polar surface area (TPSA) is 98.0 Å². The molecule has 1 fully saturated rings. The van der Waals surface area contributed by atoms with Crippen LogP contribution >= 0.6 is 11.8 Å². The zero-order chi connectivity index (χ0) is 35.1. The van der Waals surface area contributed by atoms with E-state index in [-0.39, 0.29) is 29.7 Å². The van der Waals surface area contributed by atoms with E-state index >= 15 is 0 Å². The van der Waals surface area contributed by atoms with Crippen LogP contribution in [0.1, 0.15) is 126 Å². The number of para-hydroxylation sites is 1. The molecule has 0 radical (unpaired) electrons. The molecule has 2 aromatic rings. The number of nitrogens with one attached hydrogen (secondary N) is 1. The zero-order valence-corrected chi connectivity index (χ0v) is 31.0. The summed E-state index contributed by atoms with van der Waals surface area (Å²) in [5.41, 5.74) is 1.10. The number of thioether (sulfide) groups is 1. The van der Waals surface area contributed by atoms with Gasteiger partial charge in [0.15, 0.2) is 6.20 Å². The van der Waals surface area contributed by atoms with Crippen molar-refractivity contribution in [2.24, 2.45) is 0 Å². The molecular formula is C39H60N3O6S+. The third-order valence-electron chi connectivity index (χ3n) is 9.00. The molecule has 0 saturated carbocycles. The van der Waals surface area contributed by atoms with Crippen molar-refractivity contribution in [3.8, 4) is 5.75 Å². The fourth-order valence-corrected chi connectivity index (χ4v) is 7.22. The maximum absolute atomic E-state index is 13.6. The highest BCUT2D eigenvalue weighted by Gasteiger charge is 2.34. The number of ether oxygens (including phenoxy) is 3. The number of methoxy groups -OCH3 is 1. The molecule has 1 N–H and O–H groups in total. The minimum absolute atomic E-state index is 0.0626. The van der Waals surface area contributed by atoms with Crippen molar-refractivity contribution < 1.29 is 33.2 Å². The van der Waals surface area contributed by atoms with Gasteiger partial charge in [-0.25, -0.2) is 19.1 Å².